The van der Waals surface area contributed by atoms with Crippen molar-refractivity contribution in [3.05, 3.63) is 46.9 Å². The SMILES string of the molecule is Fc1c(Br)cccc1Nc1ncnc2cc3c(cc12)OC(CN1CCC(F)CC1)CO3. The fourth-order valence-corrected chi connectivity index (χ4v) is 4.32. The number of alkyl halides is 1. The van der Waals surface area contributed by atoms with E-state index in [0.717, 1.165) is 13.1 Å². The quantitative estimate of drug-likeness (QED) is 0.564. The molecule has 3 aromatic rings. The number of piperidine rings is 1. The van der Waals surface area contributed by atoms with E-state index >= 15 is 0 Å². The van der Waals surface area contributed by atoms with Gasteiger partial charge in [0.15, 0.2) is 17.3 Å². The normalized spacial score (nSPS) is 19.5. The molecule has 1 aromatic heterocycles. The van der Waals surface area contributed by atoms with Gasteiger partial charge >= 0.3 is 0 Å². The van der Waals surface area contributed by atoms with Crippen molar-refractivity contribution in [3.63, 3.8) is 0 Å². The monoisotopic (exact) mass is 490 g/mol. The van der Waals surface area contributed by atoms with E-state index in [9.17, 15) is 8.78 Å². The third-order valence-corrected chi connectivity index (χ3v) is 6.22. The van der Waals surface area contributed by atoms with Crippen LogP contribution in [0.25, 0.3) is 10.9 Å². The van der Waals surface area contributed by atoms with Crippen LogP contribution in [0.4, 0.5) is 20.3 Å². The molecule has 1 N–H and O–H groups in total. The number of halogens is 3. The minimum absolute atomic E-state index is 0.148. The summed E-state index contributed by atoms with van der Waals surface area (Å²) in [5.41, 5.74) is 0.970. The van der Waals surface area contributed by atoms with Gasteiger partial charge in [-0.3, -0.25) is 4.90 Å². The van der Waals surface area contributed by atoms with Gasteiger partial charge in [0.2, 0.25) is 0 Å². The summed E-state index contributed by atoms with van der Waals surface area (Å²) in [4.78, 5) is 10.8. The number of ether oxygens (including phenoxy) is 2. The summed E-state index contributed by atoms with van der Waals surface area (Å²) < 4.78 is 40.3. The van der Waals surface area contributed by atoms with E-state index in [1.807, 2.05) is 6.07 Å². The van der Waals surface area contributed by atoms with E-state index in [0.29, 0.717) is 64.4 Å². The first-order valence-corrected chi connectivity index (χ1v) is 11.0. The molecule has 162 valence electrons. The summed E-state index contributed by atoms with van der Waals surface area (Å²) in [7, 11) is 0. The van der Waals surface area contributed by atoms with Crippen LogP contribution < -0.4 is 14.8 Å². The second kappa shape index (κ2) is 8.55. The number of hydrogen-bond acceptors (Lipinski definition) is 6. The molecule has 0 aliphatic carbocycles. The molecule has 1 unspecified atom stereocenters. The van der Waals surface area contributed by atoms with Crippen LogP contribution in [0.15, 0.2) is 41.1 Å². The van der Waals surface area contributed by atoms with Gasteiger partial charge in [-0.1, -0.05) is 6.07 Å². The van der Waals surface area contributed by atoms with Crippen molar-refractivity contribution in [2.75, 3.05) is 31.6 Å². The zero-order valence-electron chi connectivity index (χ0n) is 16.7. The smallest absolute Gasteiger partial charge is 0.163 e. The van der Waals surface area contributed by atoms with E-state index in [2.05, 4.69) is 36.1 Å². The van der Waals surface area contributed by atoms with Gasteiger partial charge in [0.25, 0.3) is 0 Å². The van der Waals surface area contributed by atoms with E-state index < -0.39 is 12.0 Å². The molecule has 0 radical (unpaired) electrons. The third-order valence-electron chi connectivity index (χ3n) is 5.60. The van der Waals surface area contributed by atoms with E-state index in [1.54, 1.807) is 24.3 Å². The van der Waals surface area contributed by atoms with Gasteiger partial charge in [-0.05, 0) is 47.0 Å². The lowest BCUT2D eigenvalue weighted by Crippen LogP contribution is -2.44. The lowest BCUT2D eigenvalue weighted by molar-refractivity contribution is 0.0445. The van der Waals surface area contributed by atoms with Crippen molar-refractivity contribution >= 4 is 38.3 Å². The van der Waals surface area contributed by atoms with E-state index in [1.165, 1.54) is 6.33 Å². The molecular weight excluding hydrogens is 470 g/mol. The molecule has 0 amide bonds. The molecule has 5 rings (SSSR count). The molecule has 2 aromatic carbocycles. The predicted octanol–water partition coefficient (Wildman–Crippen LogP) is 4.85. The van der Waals surface area contributed by atoms with Gasteiger partial charge in [-0.2, -0.15) is 0 Å². The molecule has 3 heterocycles. The second-order valence-corrected chi connectivity index (χ2v) is 8.65. The molecule has 9 heteroatoms. The number of nitrogens with zero attached hydrogens (tertiary/aromatic N) is 3. The highest BCUT2D eigenvalue weighted by molar-refractivity contribution is 9.10. The van der Waals surface area contributed by atoms with Crippen LogP contribution in [0.2, 0.25) is 0 Å². The van der Waals surface area contributed by atoms with Crippen molar-refractivity contribution in [3.8, 4) is 11.5 Å². The Morgan fingerprint density at radius 2 is 2.00 bits per heavy atom. The number of hydrogen-bond donors (Lipinski definition) is 1. The summed E-state index contributed by atoms with van der Waals surface area (Å²) in [5, 5.41) is 3.74. The van der Waals surface area contributed by atoms with E-state index in [-0.39, 0.29) is 6.10 Å². The Morgan fingerprint density at radius 1 is 1.16 bits per heavy atom. The molecule has 1 fully saturated rings. The summed E-state index contributed by atoms with van der Waals surface area (Å²) in [5.74, 6) is 1.28. The van der Waals surface area contributed by atoms with Crippen molar-refractivity contribution < 1.29 is 18.3 Å². The van der Waals surface area contributed by atoms with Gasteiger partial charge in [0, 0.05) is 31.1 Å². The highest BCUT2D eigenvalue weighted by Crippen LogP contribution is 2.38. The molecule has 0 saturated carbocycles. The van der Waals surface area contributed by atoms with Gasteiger partial charge in [0.1, 0.15) is 31.0 Å². The number of benzene rings is 2. The standard InChI is InChI=1S/C22H21BrF2N4O2/c23-16-2-1-3-17(21(16)25)28-22-15-8-20-19(9-18(15)26-12-27-22)30-11-14(31-20)10-29-6-4-13(24)5-7-29/h1-3,8-9,12-14H,4-7,10-11H2,(H,26,27,28). The van der Waals surface area contributed by atoms with Crippen LogP contribution in [0.1, 0.15) is 12.8 Å². The van der Waals surface area contributed by atoms with E-state index in [4.69, 9.17) is 9.47 Å². The Hall–Kier alpha value is -2.52. The van der Waals surface area contributed by atoms with Crippen molar-refractivity contribution in [1.82, 2.24) is 14.9 Å². The molecule has 1 atom stereocenters. The zero-order valence-corrected chi connectivity index (χ0v) is 18.2. The Morgan fingerprint density at radius 3 is 2.84 bits per heavy atom. The first-order chi connectivity index (χ1) is 15.1. The minimum Gasteiger partial charge on any atom is -0.486 e. The molecule has 2 aliphatic rings. The highest BCUT2D eigenvalue weighted by atomic mass is 79.9. The summed E-state index contributed by atoms with van der Waals surface area (Å²) in [6.45, 7) is 2.56. The maximum absolute atomic E-state index is 14.4. The molecular formula is C22H21BrF2N4O2. The topological polar surface area (TPSA) is 59.5 Å². The molecule has 6 nitrogen and oxygen atoms in total. The van der Waals surface area contributed by atoms with Crippen LogP contribution in [0, 0.1) is 5.82 Å². The lowest BCUT2D eigenvalue weighted by atomic mass is 10.1. The number of aromatic nitrogens is 2. The van der Waals surface area contributed by atoms with Gasteiger partial charge in [0.05, 0.1) is 15.7 Å². The first kappa shape index (κ1) is 20.4. The van der Waals surface area contributed by atoms with Crippen molar-refractivity contribution in [1.29, 1.82) is 0 Å². The zero-order chi connectivity index (χ0) is 21.4. The first-order valence-electron chi connectivity index (χ1n) is 10.2. The Labute approximate surface area is 186 Å². The average Bonchev–Trinajstić information content (AvgIpc) is 2.77. The van der Waals surface area contributed by atoms with Gasteiger partial charge < -0.3 is 14.8 Å². The number of likely N-dealkylation sites (tertiary alicyclic amines) is 1. The van der Waals surface area contributed by atoms with Crippen LogP contribution >= 0.6 is 15.9 Å². The molecule has 31 heavy (non-hydrogen) atoms. The number of anilines is 2. The number of nitrogens with one attached hydrogen (secondary N) is 1. The maximum Gasteiger partial charge on any atom is 0.163 e. The van der Waals surface area contributed by atoms with Crippen LogP contribution in [-0.4, -0.2) is 53.4 Å². The van der Waals surface area contributed by atoms with Gasteiger partial charge in [-0.25, -0.2) is 18.7 Å². The summed E-state index contributed by atoms with van der Waals surface area (Å²) in [6, 6.07) is 8.65. The number of rotatable bonds is 4. The fraction of sp³-hybridized carbons (Fsp3) is 0.364. The third kappa shape index (κ3) is 4.29. The highest BCUT2D eigenvalue weighted by Gasteiger charge is 2.27. The average molecular weight is 491 g/mol. The number of fused-ring (bicyclic) bond motifs is 2. The molecule has 0 spiro atoms. The van der Waals surface area contributed by atoms with Gasteiger partial charge in [-0.15, -0.1) is 0 Å². The Balaban J connectivity index is 1.39. The van der Waals surface area contributed by atoms with Crippen molar-refractivity contribution in [2.45, 2.75) is 25.1 Å². The Kier molecular flexibility index (Phi) is 5.62. The summed E-state index contributed by atoms with van der Waals surface area (Å²) in [6.07, 6.45) is 1.70. The largest absolute Gasteiger partial charge is 0.486 e. The molecule has 1 saturated heterocycles. The minimum atomic E-state index is -0.701. The lowest BCUT2D eigenvalue weighted by Gasteiger charge is -2.34. The Bertz CT molecular complexity index is 1110. The van der Waals surface area contributed by atoms with Crippen LogP contribution in [-0.2, 0) is 0 Å². The summed E-state index contributed by atoms with van der Waals surface area (Å²) >= 11 is 3.20. The molecule has 2 aliphatic heterocycles. The predicted molar refractivity (Wildman–Crippen MR) is 117 cm³/mol. The molecule has 0 bridgehead atoms. The second-order valence-electron chi connectivity index (χ2n) is 7.79. The maximum atomic E-state index is 14.4. The fourth-order valence-electron chi connectivity index (χ4n) is 3.95. The van der Waals surface area contributed by atoms with Crippen molar-refractivity contribution in [2.24, 2.45) is 0 Å². The van der Waals surface area contributed by atoms with Crippen LogP contribution in [0.5, 0.6) is 11.5 Å². The van der Waals surface area contributed by atoms with Crippen LogP contribution in [0.3, 0.4) is 0 Å².